The summed E-state index contributed by atoms with van der Waals surface area (Å²) < 4.78 is 0. The lowest BCUT2D eigenvalue weighted by atomic mass is 10.1. The van der Waals surface area contributed by atoms with Crippen LogP contribution in [0.15, 0.2) is 67.0 Å². The fourth-order valence-electron chi connectivity index (χ4n) is 3.48. The Hall–Kier alpha value is -3.41. The predicted molar refractivity (Wildman–Crippen MR) is 116 cm³/mol. The van der Waals surface area contributed by atoms with E-state index >= 15 is 0 Å². The number of nitrogens with one attached hydrogen (secondary N) is 2. The third kappa shape index (κ3) is 4.71. The molecule has 0 saturated carbocycles. The SMILES string of the molecule is CC(NC(=O)c1cnc(Nc2ccc(N3CCCC3)cc2)cn1)c1ccccc1. The average molecular weight is 387 g/mol. The van der Waals surface area contributed by atoms with Gasteiger partial charge in [0.25, 0.3) is 5.91 Å². The van der Waals surface area contributed by atoms with Crippen LogP contribution >= 0.6 is 0 Å². The van der Waals surface area contributed by atoms with Crippen molar-refractivity contribution >= 4 is 23.1 Å². The zero-order valence-corrected chi connectivity index (χ0v) is 16.5. The Labute approximate surface area is 171 Å². The number of anilines is 3. The first-order valence-electron chi connectivity index (χ1n) is 9.99. The Morgan fingerprint density at radius 2 is 1.69 bits per heavy atom. The predicted octanol–water partition coefficient (Wildman–Crippen LogP) is 4.31. The lowest BCUT2D eigenvalue weighted by Crippen LogP contribution is -2.27. The molecule has 2 heterocycles. The summed E-state index contributed by atoms with van der Waals surface area (Å²) in [5, 5.41) is 6.18. The summed E-state index contributed by atoms with van der Waals surface area (Å²) in [6.07, 6.45) is 5.60. The Morgan fingerprint density at radius 3 is 2.34 bits per heavy atom. The minimum atomic E-state index is -0.240. The van der Waals surface area contributed by atoms with E-state index in [-0.39, 0.29) is 11.9 Å². The fraction of sp³-hybridized carbons (Fsp3) is 0.261. The second kappa shape index (κ2) is 8.73. The highest BCUT2D eigenvalue weighted by molar-refractivity contribution is 5.92. The van der Waals surface area contributed by atoms with Gasteiger partial charge in [0.05, 0.1) is 18.4 Å². The first-order chi connectivity index (χ1) is 14.2. The second-order valence-corrected chi connectivity index (χ2v) is 7.26. The van der Waals surface area contributed by atoms with Crippen LogP contribution in [-0.4, -0.2) is 29.0 Å². The highest BCUT2D eigenvalue weighted by Crippen LogP contribution is 2.23. The second-order valence-electron chi connectivity index (χ2n) is 7.26. The van der Waals surface area contributed by atoms with Gasteiger partial charge in [-0.25, -0.2) is 9.97 Å². The number of hydrogen-bond donors (Lipinski definition) is 2. The molecule has 0 bridgehead atoms. The van der Waals surface area contributed by atoms with Gasteiger partial charge in [-0.2, -0.15) is 0 Å². The van der Waals surface area contributed by atoms with Gasteiger partial charge in [-0.3, -0.25) is 4.79 Å². The maximum absolute atomic E-state index is 12.4. The normalized spacial score (nSPS) is 14.4. The zero-order chi connectivity index (χ0) is 20.1. The summed E-state index contributed by atoms with van der Waals surface area (Å²) in [5.74, 6) is 0.363. The lowest BCUT2D eigenvalue weighted by molar-refractivity contribution is 0.0934. The van der Waals surface area contributed by atoms with Gasteiger partial charge in [0, 0.05) is 24.5 Å². The molecule has 0 aliphatic carbocycles. The van der Waals surface area contributed by atoms with Crippen LogP contribution in [0.4, 0.5) is 17.2 Å². The number of aromatic nitrogens is 2. The van der Waals surface area contributed by atoms with E-state index in [0.717, 1.165) is 24.3 Å². The van der Waals surface area contributed by atoms with Gasteiger partial charge in [0.1, 0.15) is 11.5 Å². The number of carbonyl (C=O) groups excluding carboxylic acids is 1. The summed E-state index contributed by atoms with van der Waals surface area (Å²) >= 11 is 0. The maximum atomic E-state index is 12.4. The molecule has 0 radical (unpaired) electrons. The van der Waals surface area contributed by atoms with Gasteiger partial charge in [-0.1, -0.05) is 30.3 Å². The first-order valence-corrected chi connectivity index (χ1v) is 9.99. The van der Waals surface area contributed by atoms with Crippen molar-refractivity contribution in [1.82, 2.24) is 15.3 Å². The van der Waals surface area contributed by atoms with Gasteiger partial charge in [0.15, 0.2) is 0 Å². The van der Waals surface area contributed by atoms with E-state index in [1.165, 1.54) is 24.7 Å². The molecule has 6 heteroatoms. The minimum absolute atomic E-state index is 0.0996. The molecule has 6 nitrogen and oxygen atoms in total. The van der Waals surface area contributed by atoms with Gasteiger partial charge in [-0.15, -0.1) is 0 Å². The van der Waals surface area contributed by atoms with Gasteiger partial charge < -0.3 is 15.5 Å². The number of hydrogen-bond acceptors (Lipinski definition) is 5. The van der Waals surface area contributed by atoms with Crippen LogP contribution in [0.5, 0.6) is 0 Å². The molecule has 2 N–H and O–H groups in total. The van der Waals surface area contributed by atoms with Crippen LogP contribution in [0.25, 0.3) is 0 Å². The summed E-state index contributed by atoms with van der Waals surface area (Å²) in [7, 11) is 0. The molecule has 1 aliphatic rings. The van der Waals surface area contributed by atoms with Crippen LogP contribution < -0.4 is 15.5 Å². The standard InChI is InChI=1S/C23H25N5O/c1-17(18-7-3-2-4-8-18)26-23(29)21-15-25-22(16-24-21)27-19-9-11-20(12-10-19)28-13-5-6-14-28/h2-4,7-12,15-17H,5-6,13-14H2,1H3,(H,25,27)(H,26,29). The molecule has 1 aromatic heterocycles. The molecule has 148 valence electrons. The van der Waals surface area contributed by atoms with E-state index in [1.54, 1.807) is 6.20 Å². The molecular weight excluding hydrogens is 362 g/mol. The van der Waals surface area contributed by atoms with Crippen LogP contribution in [0.1, 0.15) is 41.9 Å². The molecule has 4 rings (SSSR count). The van der Waals surface area contributed by atoms with Crippen molar-refractivity contribution in [2.75, 3.05) is 23.3 Å². The number of nitrogens with zero attached hydrogens (tertiary/aromatic N) is 3. The van der Waals surface area contributed by atoms with Crippen molar-refractivity contribution in [3.05, 3.63) is 78.2 Å². The highest BCUT2D eigenvalue weighted by Gasteiger charge is 2.14. The molecule has 29 heavy (non-hydrogen) atoms. The van der Waals surface area contributed by atoms with Crippen LogP contribution in [-0.2, 0) is 0 Å². The molecule has 3 aromatic rings. The van der Waals surface area contributed by atoms with Crippen LogP contribution in [0.2, 0.25) is 0 Å². The van der Waals surface area contributed by atoms with E-state index < -0.39 is 0 Å². The third-order valence-corrected chi connectivity index (χ3v) is 5.14. The summed E-state index contributed by atoms with van der Waals surface area (Å²) in [5.41, 5.74) is 3.53. The van der Waals surface area contributed by atoms with E-state index in [1.807, 2.05) is 49.4 Å². The molecular formula is C23H25N5O. The molecule has 0 spiro atoms. The van der Waals surface area contributed by atoms with Crippen molar-refractivity contribution in [1.29, 1.82) is 0 Å². The Kier molecular flexibility index (Phi) is 5.70. The number of carbonyl (C=O) groups is 1. The zero-order valence-electron chi connectivity index (χ0n) is 16.5. The monoisotopic (exact) mass is 387 g/mol. The largest absolute Gasteiger partial charge is 0.372 e. The van der Waals surface area contributed by atoms with Gasteiger partial charge >= 0.3 is 0 Å². The van der Waals surface area contributed by atoms with E-state index in [2.05, 4.69) is 37.6 Å². The van der Waals surface area contributed by atoms with Gasteiger partial charge in [-0.05, 0) is 49.6 Å². The molecule has 1 atom stereocenters. The summed E-state index contributed by atoms with van der Waals surface area (Å²) in [4.78, 5) is 23.4. The fourth-order valence-corrected chi connectivity index (χ4v) is 3.48. The lowest BCUT2D eigenvalue weighted by Gasteiger charge is -2.17. The van der Waals surface area contributed by atoms with Crippen molar-refractivity contribution < 1.29 is 4.79 Å². The Morgan fingerprint density at radius 1 is 0.966 bits per heavy atom. The van der Waals surface area contributed by atoms with E-state index in [4.69, 9.17) is 0 Å². The summed E-state index contributed by atoms with van der Waals surface area (Å²) in [6.45, 7) is 4.21. The summed E-state index contributed by atoms with van der Waals surface area (Å²) in [6, 6.07) is 18.0. The Balaban J connectivity index is 1.35. The van der Waals surface area contributed by atoms with Gasteiger partial charge in [0.2, 0.25) is 0 Å². The van der Waals surface area contributed by atoms with Crippen molar-refractivity contribution in [3.63, 3.8) is 0 Å². The van der Waals surface area contributed by atoms with Crippen molar-refractivity contribution in [2.24, 2.45) is 0 Å². The molecule has 1 amide bonds. The number of rotatable bonds is 6. The average Bonchev–Trinajstić information content (AvgIpc) is 3.30. The molecule has 1 saturated heterocycles. The topological polar surface area (TPSA) is 70.2 Å². The van der Waals surface area contributed by atoms with Crippen molar-refractivity contribution in [2.45, 2.75) is 25.8 Å². The quantitative estimate of drug-likeness (QED) is 0.659. The highest BCUT2D eigenvalue weighted by atomic mass is 16.1. The van der Waals surface area contributed by atoms with Crippen molar-refractivity contribution in [3.8, 4) is 0 Å². The molecule has 2 aromatic carbocycles. The van der Waals surface area contributed by atoms with E-state index in [0.29, 0.717) is 11.5 Å². The number of benzene rings is 2. The molecule has 1 unspecified atom stereocenters. The van der Waals surface area contributed by atoms with Crippen LogP contribution in [0, 0.1) is 0 Å². The smallest absolute Gasteiger partial charge is 0.271 e. The molecule has 1 aliphatic heterocycles. The van der Waals surface area contributed by atoms with E-state index in [9.17, 15) is 4.79 Å². The third-order valence-electron chi connectivity index (χ3n) is 5.14. The number of amides is 1. The first kappa shape index (κ1) is 18.9. The molecule has 1 fully saturated rings. The minimum Gasteiger partial charge on any atom is -0.372 e. The maximum Gasteiger partial charge on any atom is 0.271 e. The Bertz CT molecular complexity index is 935. The van der Waals surface area contributed by atoms with Crippen LogP contribution in [0.3, 0.4) is 0 Å².